The van der Waals surface area contributed by atoms with Gasteiger partial charge in [0.25, 0.3) is 0 Å². The third-order valence-corrected chi connectivity index (χ3v) is 4.06. The van der Waals surface area contributed by atoms with E-state index in [0.29, 0.717) is 23.0 Å². The van der Waals surface area contributed by atoms with Gasteiger partial charge >= 0.3 is 0 Å². The van der Waals surface area contributed by atoms with Gasteiger partial charge in [0.2, 0.25) is 5.91 Å². The fourth-order valence-corrected chi connectivity index (χ4v) is 2.57. The van der Waals surface area contributed by atoms with E-state index in [1.54, 1.807) is 24.3 Å². The Kier molecular flexibility index (Phi) is 5.55. The number of nitrogens with two attached hydrogens (primary N) is 1. The van der Waals surface area contributed by atoms with E-state index in [9.17, 15) is 9.18 Å². The number of hydrogen-bond acceptors (Lipinski definition) is 5. The fraction of sp³-hybridized carbons (Fsp3) is 0.176. The summed E-state index contributed by atoms with van der Waals surface area (Å²) in [7, 11) is 0. The summed E-state index contributed by atoms with van der Waals surface area (Å²) in [6.07, 6.45) is 0.407. The maximum Gasteiger partial charge on any atom is 0.234 e. The van der Waals surface area contributed by atoms with Crippen molar-refractivity contribution in [1.29, 1.82) is 0 Å². The lowest BCUT2D eigenvalue weighted by molar-refractivity contribution is -0.120. The second-order valence-corrected chi connectivity index (χ2v) is 6.09. The second-order valence-electron chi connectivity index (χ2n) is 5.65. The molecule has 2 aromatic carbocycles. The molecule has 0 aliphatic heterocycles. The van der Waals surface area contributed by atoms with Crippen LogP contribution >= 0.6 is 11.6 Å². The molecule has 0 saturated carbocycles. The SMILES string of the molecule is NC(=O)C(Cc1ccc(Cl)cc1)NCc1nnnn1-c1ccc(F)cc1. The average Bonchev–Trinajstić information content (AvgIpc) is 3.09. The van der Waals surface area contributed by atoms with Crippen molar-refractivity contribution in [1.82, 2.24) is 25.5 Å². The van der Waals surface area contributed by atoms with Crippen LogP contribution in [0.3, 0.4) is 0 Å². The summed E-state index contributed by atoms with van der Waals surface area (Å²) in [5.41, 5.74) is 7.02. The van der Waals surface area contributed by atoms with Crippen LogP contribution in [0.5, 0.6) is 0 Å². The number of nitrogens with zero attached hydrogens (tertiary/aromatic N) is 4. The van der Waals surface area contributed by atoms with Gasteiger partial charge in [0.05, 0.1) is 18.3 Å². The lowest BCUT2D eigenvalue weighted by Gasteiger charge is -2.15. The molecular weight excluding hydrogens is 359 g/mol. The molecule has 0 radical (unpaired) electrons. The minimum absolute atomic E-state index is 0.214. The minimum atomic E-state index is -0.602. The molecular formula is C17H16ClFN6O. The monoisotopic (exact) mass is 374 g/mol. The van der Waals surface area contributed by atoms with Crippen molar-refractivity contribution in [3.05, 3.63) is 70.8 Å². The van der Waals surface area contributed by atoms with Crippen molar-refractivity contribution in [3.8, 4) is 5.69 Å². The quantitative estimate of drug-likeness (QED) is 0.655. The highest BCUT2D eigenvalue weighted by atomic mass is 35.5. The van der Waals surface area contributed by atoms with Gasteiger partial charge in [0.1, 0.15) is 5.82 Å². The van der Waals surface area contributed by atoms with Crippen molar-refractivity contribution in [2.75, 3.05) is 0 Å². The van der Waals surface area contributed by atoms with Crippen molar-refractivity contribution < 1.29 is 9.18 Å². The number of rotatable bonds is 7. The van der Waals surface area contributed by atoms with Gasteiger partial charge in [-0.3, -0.25) is 10.1 Å². The van der Waals surface area contributed by atoms with Crippen molar-refractivity contribution >= 4 is 17.5 Å². The van der Waals surface area contributed by atoms with Crippen LogP contribution in [0.25, 0.3) is 5.69 Å². The molecule has 1 atom stereocenters. The summed E-state index contributed by atoms with van der Waals surface area (Å²) in [5, 5.41) is 15.2. The van der Waals surface area contributed by atoms with Gasteiger partial charge in [-0.2, -0.15) is 4.68 Å². The van der Waals surface area contributed by atoms with Crippen LogP contribution in [-0.2, 0) is 17.8 Å². The zero-order valence-electron chi connectivity index (χ0n) is 13.6. The van der Waals surface area contributed by atoms with Crippen LogP contribution < -0.4 is 11.1 Å². The number of carbonyl (C=O) groups excluding carboxylic acids is 1. The second kappa shape index (κ2) is 8.03. The van der Waals surface area contributed by atoms with Gasteiger partial charge in [-0.1, -0.05) is 23.7 Å². The van der Waals surface area contributed by atoms with Crippen LogP contribution in [0.1, 0.15) is 11.4 Å². The standard InChI is InChI=1S/C17H16ClFN6O/c18-12-3-1-11(2-4-12)9-15(17(20)26)21-10-16-22-23-24-25(16)14-7-5-13(19)6-8-14/h1-8,15,21H,9-10H2,(H2,20,26). The number of primary amides is 1. The van der Waals surface area contributed by atoms with Gasteiger partial charge in [0, 0.05) is 5.02 Å². The van der Waals surface area contributed by atoms with Gasteiger partial charge in [-0.15, -0.1) is 5.10 Å². The summed E-state index contributed by atoms with van der Waals surface area (Å²) < 4.78 is 14.5. The Morgan fingerprint density at radius 1 is 1.19 bits per heavy atom. The Hall–Kier alpha value is -2.84. The molecule has 9 heteroatoms. The summed E-state index contributed by atoms with van der Waals surface area (Å²) >= 11 is 5.87. The molecule has 3 N–H and O–H groups in total. The Bertz CT molecular complexity index is 881. The molecule has 1 amide bonds. The first-order valence-electron chi connectivity index (χ1n) is 7.83. The summed E-state index contributed by atoms with van der Waals surface area (Å²) in [6.45, 7) is 0.214. The topological polar surface area (TPSA) is 98.7 Å². The van der Waals surface area contributed by atoms with Crippen molar-refractivity contribution in [2.24, 2.45) is 5.73 Å². The minimum Gasteiger partial charge on any atom is -0.368 e. The number of hydrogen-bond donors (Lipinski definition) is 2. The third kappa shape index (κ3) is 4.41. The number of carbonyl (C=O) groups is 1. The fourth-order valence-electron chi connectivity index (χ4n) is 2.44. The molecule has 0 saturated heterocycles. The Balaban J connectivity index is 1.70. The first-order chi connectivity index (χ1) is 12.5. The molecule has 134 valence electrons. The number of amides is 1. The van der Waals surface area contributed by atoms with Crippen molar-refractivity contribution in [2.45, 2.75) is 19.0 Å². The van der Waals surface area contributed by atoms with Crippen LogP contribution in [-0.4, -0.2) is 32.2 Å². The summed E-state index contributed by atoms with van der Waals surface area (Å²) in [5.74, 6) is -0.363. The molecule has 0 fully saturated rings. The van der Waals surface area contributed by atoms with Gasteiger partial charge in [-0.25, -0.2) is 4.39 Å². The lowest BCUT2D eigenvalue weighted by atomic mass is 10.1. The predicted octanol–water partition coefficient (Wildman–Crippen LogP) is 1.64. The Labute approximate surface area is 154 Å². The highest BCUT2D eigenvalue weighted by Crippen LogP contribution is 2.12. The molecule has 3 aromatic rings. The number of benzene rings is 2. The van der Waals surface area contributed by atoms with Gasteiger partial charge in [0.15, 0.2) is 5.82 Å². The van der Waals surface area contributed by atoms with Crippen LogP contribution in [0.4, 0.5) is 4.39 Å². The molecule has 1 aromatic heterocycles. The highest BCUT2D eigenvalue weighted by molar-refractivity contribution is 6.30. The first kappa shape index (κ1) is 18.0. The Morgan fingerprint density at radius 2 is 1.88 bits per heavy atom. The van der Waals surface area contributed by atoms with E-state index in [4.69, 9.17) is 17.3 Å². The van der Waals surface area contributed by atoms with E-state index in [0.717, 1.165) is 5.56 Å². The van der Waals surface area contributed by atoms with E-state index in [-0.39, 0.29) is 12.4 Å². The van der Waals surface area contributed by atoms with Crippen LogP contribution in [0, 0.1) is 5.82 Å². The number of aromatic nitrogens is 4. The van der Waals surface area contributed by atoms with E-state index >= 15 is 0 Å². The maximum absolute atomic E-state index is 13.1. The predicted molar refractivity (Wildman–Crippen MR) is 94.1 cm³/mol. The zero-order valence-corrected chi connectivity index (χ0v) is 14.4. The first-order valence-corrected chi connectivity index (χ1v) is 8.21. The number of tetrazole rings is 1. The molecule has 1 unspecified atom stereocenters. The third-order valence-electron chi connectivity index (χ3n) is 3.81. The average molecular weight is 375 g/mol. The summed E-state index contributed by atoms with van der Waals surface area (Å²) in [4.78, 5) is 11.8. The molecule has 0 aliphatic carbocycles. The molecule has 1 heterocycles. The normalized spacial score (nSPS) is 12.1. The van der Waals surface area contributed by atoms with E-state index in [1.807, 2.05) is 12.1 Å². The van der Waals surface area contributed by atoms with E-state index in [2.05, 4.69) is 20.8 Å². The smallest absolute Gasteiger partial charge is 0.234 e. The molecule has 0 aliphatic rings. The molecule has 0 spiro atoms. The van der Waals surface area contributed by atoms with Crippen LogP contribution in [0.2, 0.25) is 5.02 Å². The Morgan fingerprint density at radius 3 is 2.54 bits per heavy atom. The zero-order chi connectivity index (χ0) is 18.5. The van der Waals surface area contributed by atoms with Crippen molar-refractivity contribution in [3.63, 3.8) is 0 Å². The largest absolute Gasteiger partial charge is 0.368 e. The number of nitrogens with one attached hydrogen (secondary N) is 1. The molecule has 26 heavy (non-hydrogen) atoms. The van der Waals surface area contributed by atoms with E-state index < -0.39 is 11.9 Å². The molecule has 0 bridgehead atoms. The molecule has 3 rings (SSSR count). The molecule has 7 nitrogen and oxygen atoms in total. The lowest BCUT2D eigenvalue weighted by Crippen LogP contribution is -2.42. The van der Waals surface area contributed by atoms with Gasteiger partial charge in [-0.05, 0) is 58.8 Å². The maximum atomic E-state index is 13.1. The number of halogens is 2. The van der Waals surface area contributed by atoms with E-state index in [1.165, 1.54) is 16.8 Å². The summed E-state index contributed by atoms with van der Waals surface area (Å²) in [6, 6.07) is 12.3. The van der Waals surface area contributed by atoms with Crippen LogP contribution in [0.15, 0.2) is 48.5 Å². The van der Waals surface area contributed by atoms with Gasteiger partial charge < -0.3 is 5.73 Å². The highest BCUT2D eigenvalue weighted by Gasteiger charge is 2.17.